The van der Waals surface area contributed by atoms with Gasteiger partial charge in [-0.15, -0.1) is 11.3 Å². The molecule has 0 bridgehead atoms. The number of benzene rings is 2. The summed E-state index contributed by atoms with van der Waals surface area (Å²) in [6.07, 6.45) is 2.15. The molecule has 0 spiro atoms. The minimum Gasteiger partial charge on any atom is -0.443 e. The maximum absolute atomic E-state index is 13.1. The zero-order valence-corrected chi connectivity index (χ0v) is 17.3. The lowest BCUT2D eigenvalue weighted by Crippen LogP contribution is -2.26. The fourth-order valence-electron chi connectivity index (χ4n) is 3.56. The number of aryl methyl sites for hydroxylation is 4. The number of carbonyl (C=O) groups is 2. The van der Waals surface area contributed by atoms with Gasteiger partial charge in [-0.3, -0.25) is 4.79 Å². The lowest BCUT2D eigenvalue weighted by molar-refractivity contribution is -0.125. The van der Waals surface area contributed by atoms with Crippen molar-refractivity contribution in [3.05, 3.63) is 86.6 Å². The molecule has 0 saturated heterocycles. The maximum Gasteiger partial charge on any atom is 0.349 e. The topological polar surface area (TPSA) is 55.4 Å². The normalized spacial score (nSPS) is 13.6. The number of amides is 1. The average molecular weight is 406 g/mol. The van der Waals surface area contributed by atoms with Crippen LogP contribution in [-0.2, 0) is 22.4 Å². The molecule has 4 nitrogen and oxygen atoms in total. The summed E-state index contributed by atoms with van der Waals surface area (Å²) in [6.45, 7) is 3.91. The fourth-order valence-corrected chi connectivity index (χ4v) is 4.70. The van der Waals surface area contributed by atoms with Crippen molar-refractivity contribution in [2.45, 2.75) is 39.2 Å². The van der Waals surface area contributed by atoms with Crippen LogP contribution in [0.2, 0.25) is 0 Å². The molecule has 1 aromatic heterocycles. The lowest BCUT2D eigenvalue weighted by Gasteiger charge is -2.19. The van der Waals surface area contributed by atoms with Crippen molar-refractivity contribution in [1.29, 1.82) is 0 Å². The van der Waals surface area contributed by atoms with E-state index in [1.165, 1.54) is 21.8 Å². The van der Waals surface area contributed by atoms with E-state index in [0.717, 1.165) is 36.1 Å². The summed E-state index contributed by atoms with van der Waals surface area (Å²) >= 11 is 1.48. The molecule has 0 fully saturated rings. The number of carbonyl (C=O) groups excluding carboxylic acids is 2. The highest BCUT2D eigenvalue weighted by molar-refractivity contribution is 7.14. The van der Waals surface area contributed by atoms with E-state index in [0.29, 0.717) is 10.4 Å². The van der Waals surface area contributed by atoms with Crippen molar-refractivity contribution < 1.29 is 14.3 Å². The molecular weight excluding hydrogens is 382 g/mol. The van der Waals surface area contributed by atoms with E-state index in [9.17, 15) is 9.59 Å². The maximum atomic E-state index is 13.1. The van der Waals surface area contributed by atoms with Crippen molar-refractivity contribution >= 4 is 28.9 Å². The van der Waals surface area contributed by atoms with Crippen LogP contribution in [-0.4, -0.2) is 11.9 Å². The molecule has 0 aliphatic heterocycles. The van der Waals surface area contributed by atoms with Crippen LogP contribution in [0.5, 0.6) is 0 Å². The Labute approximate surface area is 174 Å². The summed E-state index contributed by atoms with van der Waals surface area (Å²) in [5.74, 6) is -0.809. The largest absolute Gasteiger partial charge is 0.443 e. The quantitative estimate of drug-likeness (QED) is 0.579. The van der Waals surface area contributed by atoms with Crippen molar-refractivity contribution in [3.63, 3.8) is 0 Å². The number of nitrogens with one attached hydrogen (secondary N) is 1. The summed E-state index contributed by atoms with van der Waals surface area (Å²) in [7, 11) is 0. The van der Waals surface area contributed by atoms with E-state index >= 15 is 0 Å². The summed E-state index contributed by atoms with van der Waals surface area (Å²) in [6, 6.07) is 16.9. The molecule has 148 valence electrons. The van der Waals surface area contributed by atoms with Gasteiger partial charge in [-0.1, -0.05) is 42.5 Å². The first kappa shape index (κ1) is 19.4. The average Bonchev–Trinajstić information content (AvgIpc) is 3.31. The monoisotopic (exact) mass is 405 g/mol. The lowest BCUT2D eigenvalue weighted by atomic mass is 10.1. The van der Waals surface area contributed by atoms with Gasteiger partial charge in [0.15, 0.2) is 0 Å². The van der Waals surface area contributed by atoms with E-state index in [-0.39, 0.29) is 5.91 Å². The Balaban J connectivity index is 1.58. The highest BCUT2D eigenvalue weighted by atomic mass is 32.1. The van der Waals surface area contributed by atoms with Crippen LogP contribution in [0.3, 0.4) is 0 Å². The molecule has 3 aromatic rings. The van der Waals surface area contributed by atoms with Crippen molar-refractivity contribution in [2.75, 3.05) is 5.32 Å². The van der Waals surface area contributed by atoms with Crippen LogP contribution in [0.1, 0.15) is 49.3 Å². The molecule has 1 atom stereocenters. The molecule has 1 aliphatic rings. The molecule has 1 aliphatic carbocycles. The zero-order valence-electron chi connectivity index (χ0n) is 16.5. The third-order valence-electron chi connectivity index (χ3n) is 5.16. The molecule has 29 heavy (non-hydrogen) atoms. The summed E-state index contributed by atoms with van der Waals surface area (Å²) in [5.41, 5.74) is 4.61. The highest BCUT2D eigenvalue weighted by Gasteiger charge is 2.28. The van der Waals surface area contributed by atoms with Crippen LogP contribution in [0.4, 0.5) is 5.69 Å². The predicted octanol–water partition coefficient (Wildman–Crippen LogP) is 5.39. The molecule has 0 saturated carbocycles. The van der Waals surface area contributed by atoms with Crippen LogP contribution >= 0.6 is 11.3 Å². The Morgan fingerprint density at radius 2 is 1.83 bits per heavy atom. The SMILES string of the molecule is Cc1ccc(C)c(NC(=O)[C@H](OC(=O)c2cc3c(s2)CCC3)c2ccccc2)c1. The van der Waals surface area contributed by atoms with Gasteiger partial charge in [0.25, 0.3) is 5.91 Å². The van der Waals surface area contributed by atoms with E-state index in [1.54, 1.807) is 12.1 Å². The molecule has 1 heterocycles. The first-order valence-corrected chi connectivity index (χ1v) is 10.6. The van der Waals surface area contributed by atoms with Gasteiger partial charge in [-0.25, -0.2) is 4.79 Å². The third kappa shape index (κ3) is 4.25. The molecule has 0 unspecified atom stereocenters. The van der Waals surface area contributed by atoms with Gasteiger partial charge in [-0.05, 0) is 61.9 Å². The Bertz CT molecular complexity index is 1030. The predicted molar refractivity (Wildman–Crippen MR) is 115 cm³/mol. The highest BCUT2D eigenvalue weighted by Crippen LogP contribution is 2.32. The molecule has 0 radical (unpaired) electrons. The number of hydrogen-bond donors (Lipinski definition) is 1. The minimum absolute atomic E-state index is 0.359. The first-order valence-electron chi connectivity index (χ1n) is 9.77. The van der Waals surface area contributed by atoms with Gasteiger partial charge < -0.3 is 10.1 Å². The Morgan fingerprint density at radius 3 is 2.59 bits per heavy atom. The van der Waals surface area contributed by atoms with Crippen LogP contribution in [0, 0.1) is 13.8 Å². The van der Waals surface area contributed by atoms with E-state index in [2.05, 4.69) is 5.32 Å². The van der Waals surface area contributed by atoms with E-state index in [4.69, 9.17) is 4.74 Å². The second-order valence-corrected chi connectivity index (χ2v) is 8.55. The number of hydrogen-bond acceptors (Lipinski definition) is 4. The number of ether oxygens (including phenoxy) is 1. The van der Waals surface area contributed by atoms with Crippen LogP contribution in [0.25, 0.3) is 0 Å². The number of rotatable bonds is 5. The summed E-state index contributed by atoms with van der Waals surface area (Å²) < 4.78 is 5.72. The standard InChI is InChI=1S/C24H23NO3S/c1-15-11-12-16(2)19(13-15)25-23(26)22(17-7-4-3-5-8-17)28-24(27)21-14-18-9-6-10-20(18)29-21/h3-5,7-8,11-14,22H,6,9-10H2,1-2H3,(H,25,26)/t22-/m1/s1. The summed E-state index contributed by atoms with van der Waals surface area (Å²) in [4.78, 5) is 27.7. The number of esters is 1. The van der Waals surface area contributed by atoms with Gasteiger partial charge >= 0.3 is 5.97 Å². The van der Waals surface area contributed by atoms with E-state index in [1.807, 2.05) is 56.3 Å². The van der Waals surface area contributed by atoms with Crippen molar-refractivity contribution in [2.24, 2.45) is 0 Å². The molecule has 1 amide bonds. The second kappa shape index (κ2) is 8.21. The summed E-state index contributed by atoms with van der Waals surface area (Å²) in [5, 5.41) is 2.93. The Morgan fingerprint density at radius 1 is 1.03 bits per heavy atom. The fraction of sp³-hybridized carbons (Fsp3) is 0.250. The van der Waals surface area contributed by atoms with Crippen LogP contribution < -0.4 is 5.32 Å². The molecular formula is C24H23NO3S. The third-order valence-corrected chi connectivity index (χ3v) is 6.38. The van der Waals surface area contributed by atoms with Gasteiger partial charge in [0.1, 0.15) is 4.88 Å². The molecule has 1 N–H and O–H groups in total. The van der Waals surface area contributed by atoms with Gasteiger partial charge in [0, 0.05) is 16.1 Å². The molecule has 2 aromatic carbocycles. The molecule has 4 rings (SSSR count). The van der Waals surface area contributed by atoms with Gasteiger partial charge in [0.2, 0.25) is 6.10 Å². The van der Waals surface area contributed by atoms with Gasteiger partial charge in [0.05, 0.1) is 0 Å². The number of anilines is 1. The number of fused-ring (bicyclic) bond motifs is 1. The Kier molecular flexibility index (Phi) is 5.49. The molecule has 5 heteroatoms. The van der Waals surface area contributed by atoms with Crippen LogP contribution in [0.15, 0.2) is 54.6 Å². The smallest absolute Gasteiger partial charge is 0.349 e. The number of thiophene rings is 1. The second-order valence-electron chi connectivity index (χ2n) is 7.42. The first-order chi connectivity index (χ1) is 14.0. The minimum atomic E-state index is -1.01. The van der Waals surface area contributed by atoms with E-state index < -0.39 is 12.1 Å². The Hall–Kier alpha value is -2.92. The van der Waals surface area contributed by atoms with Crippen molar-refractivity contribution in [1.82, 2.24) is 0 Å². The van der Waals surface area contributed by atoms with Crippen molar-refractivity contribution in [3.8, 4) is 0 Å². The van der Waals surface area contributed by atoms with Gasteiger partial charge in [-0.2, -0.15) is 0 Å². The zero-order chi connectivity index (χ0) is 20.4.